The molecule has 0 saturated heterocycles. The summed E-state index contributed by atoms with van der Waals surface area (Å²) in [6, 6.07) is 12.2. The maximum Gasteiger partial charge on any atom is 0.299 e. The van der Waals surface area contributed by atoms with Gasteiger partial charge in [0.25, 0.3) is 11.7 Å². The lowest BCUT2D eigenvalue weighted by molar-refractivity contribution is -0.114. The summed E-state index contributed by atoms with van der Waals surface area (Å²) in [5.41, 5.74) is 2.93. The molecular weight excluding hydrogens is 266 g/mol. The van der Waals surface area contributed by atoms with Gasteiger partial charge in [-0.3, -0.25) is 9.59 Å². The van der Waals surface area contributed by atoms with Crippen molar-refractivity contribution in [3.8, 4) is 5.75 Å². The van der Waals surface area contributed by atoms with Crippen LogP contribution in [0.2, 0.25) is 0 Å². The largest absolute Gasteiger partial charge is 0.508 e. The molecule has 4 heteroatoms. The average Bonchev–Trinajstić information content (AvgIpc) is 2.72. The van der Waals surface area contributed by atoms with Crippen molar-refractivity contribution in [2.45, 2.75) is 19.9 Å². The number of rotatable bonds is 3. The number of phenols is 1. The van der Waals surface area contributed by atoms with Crippen LogP contribution in [0.1, 0.15) is 28.4 Å². The molecule has 0 unspecified atom stereocenters. The number of carbonyl (C=O) groups excluding carboxylic acids is 2. The van der Waals surface area contributed by atoms with Gasteiger partial charge in [-0.25, -0.2) is 0 Å². The normalized spacial score (nSPS) is 13.7. The molecule has 2 aromatic rings. The molecule has 0 bridgehead atoms. The number of nitrogens with zero attached hydrogens (tertiary/aromatic N) is 1. The van der Waals surface area contributed by atoms with E-state index in [9.17, 15) is 14.7 Å². The molecule has 1 heterocycles. The van der Waals surface area contributed by atoms with Gasteiger partial charge in [-0.1, -0.05) is 25.1 Å². The highest BCUT2D eigenvalue weighted by atomic mass is 16.3. The molecule has 4 nitrogen and oxygen atoms in total. The molecule has 0 aliphatic carbocycles. The van der Waals surface area contributed by atoms with Gasteiger partial charge in [0.1, 0.15) is 5.75 Å². The third-order valence-electron chi connectivity index (χ3n) is 3.70. The van der Waals surface area contributed by atoms with Crippen molar-refractivity contribution in [2.75, 3.05) is 4.90 Å². The highest BCUT2D eigenvalue weighted by molar-refractivity contribution is 6.52. The molecule has 0 radical (unpaired) electrons. The fraction of sp³-hybridized carbons (Fsp3) is 0.176. The number of phenolic OH excluding ortho intramolecular Hbond substituents is 1. The van der Waals surface area contributed by atoms with Crippen LogP contribution in [0.3, 0.4) is 0 Å². The van der Waals surface area contributed by atoms with Crippen molar-refractivity contribution in [3.63, 3.8) is 0 Å². The Bertz CT molecular complexity index is 737. The second-order valence-corrected chi connectivity index (χ2v) is 5.10. The second-order valence-electron chi connectivity index (χ2n) is 5.10. The van der Waals surface area contributed by atoms with Crippen LogP contribution in [-0.2, 0) is 17.8 Å². The lowest BCUT2D eigenvalue weighted by Crippen LogP contribution is -2.29. The molecule has 0 saturated carbocycles. The smallest absolute Gasteiger partial charge is 0.299 e. The van der Waals surface area contributed by atoms with E-state index in [0.717, 1.165) is 17.5 Å². The molecule has 3 rings (SSSR count). The van der Waals surface area contributed by atoms with Crippen LogP contribution in [-0.4, -0.2) is 16.8 Å². The SMILES string of the molecule is CCc1ccc2c(c1)C(=O)C(=O)N2Cc1cccc(O)c1. The molecule has 21 heavy (non-hydrogen) atoms. The van der Waals surface area contributed by atoms with Gasteiger partial charge in [-0.05, 0) is 41.8 Å². The van der Waals surface area contributed by atoms with E-state index in [-0.39, 0.29) is 12.3 Å². The lowest BCUT2D eigenvalue weighted by Gasteiger charge is -2.17. The number of aromatic hydroxyl groups is 1. The molecule has 1 aliphatic heterocycles. The number of aryl methyl sites for hydroxylation is 1. The van der Waals surface area contributed by atoms with E-state index in [4.69, 9.17) is 0 Å². The summed E-state index contributed by atoms with van der Waals surface area (Å²) in [6.07, 6.45) is 0.821. The zero-order valence-corrected chi connectivity index (χ0v) is 11.7. The molecule has 1 amide bonds. The minimum Gasteiger partial charge on any atom is -0.508 e. The minimum absolute atomic E-state index is 0.145. The summed E-state index contributed by atoms with van der Waals surface area (Å²) >= 11 is 0. The van der Waals surface area contributed by atoms with Crippen LogP contribution in [0.15, 0.2) is 42.5 Å². The Kier molecular flexibility index (Phi) is 3.22. The number of hydrogen-bond acceptors (Lipinski definition) is 3. The number of Topliss-reactive ketones (excluding diaryl/α,β-unsaturated/α-hetero) is 1. The molecular formula is C17H15NO3. The Morgan fingerprint density at radius 2 is 1.86 bits per heavy atom. The number of hydrogen-bond donors (Lipinski definition) is 1. The monoisotopic (exact) mass is 281 g/mol. The number of carbonyl (C=O) groups is 2. The van der Waals surface area contributed by atoms with Gasteiger partial charge in [0, 0.05) is 0 Å². The number of benzene rings is 2. The first-order valence-corrected chi connectivity index (χ1v) is 6.87. The van der Waals surface area contributed by atoms with Gasteiger partial charge >= 0.3 is 0 Å². The van der Waals surface area contributed by atoms with E-state index in [1.807, 2.05) is 25.1 Å². The van der Waals surface area contributed by atoms with Crippen molar-refractivity contribution in [1.82, 2.24) is 0 Å². The van der Waals surface area contributed by atoms with Crippen molar-refractivity contribution in [3.05, 3.63) is 59.2 Å². The third kappa shape index (κ3) is 2.29. The van der Waals surface area contributed by atoms with E-state index in [1.165, 1.54) is 4.90 Å². The molecule has 2 aromatic carbocycles. The summed E-state index contributed by atoms with van der Waals surface area (Å²) < 4.78 is 0. The van der Waals surface area contributed by atoms with Gasteiger partial charge in [0.15, 0.2) is 0 Å². The number of anilines is 1. The first kappa shape index (κ1) is 13.4. The van der Waals surface area contributed by atoms with Crippen molar-refractivity contribution in [1.29, 1.82) is 0 Å². The molecule has 1 aliphatic rings. The van der Waals surface area contributed by atoms with E-state index in [0.29, 0.717) is 11.3 Å². The predicted molar refractivity (Wildman–Crippen MR) is 79.4 cm³/mol. The van der Waals surface area contributed by atoms with Crippen LogP contribution in [0.25, 0.3) is 0 Å². The van der Waals surface area contributed by atoms with Crippen LogP contribution in [0, 0.1) is 0 Å². The molecule has 0 fully saturated rings. The fourth-order valence-corrected chi connectivity index (χ4v) is 2.56. The summed E-state index contributed by atoms with van der Waals surface area (Å²) in [6.45, 7) is 2.28. The second kappa shape index (κ2) is 5.05. The van der Waals surface area contributed by atoms with Crippen molar-refractivity contribution in [2.24, 2.45) is 0 Å². The quantitative estimate of drug-likeness (QED) is 0.880. The van der Waals surface area contributed by atoms with E-state index >= 15 is 0 Å². The number of fused-ring (bicyclic) bond motifs is 1. The predicted octanol–water partition coefficient (Wildman–Crippen LogP) is 2.68. The Morgan fingerprint density at radius 3 is 2.57 bits per heavy atom. The summed E-state index contributed by atoms with van der Waals surface area (Å²) in [4.78, 5) is 25.7. The van der Waals surface area contributed by atoms with Crippen molar-refractivity contribution >= 4 is 17.4 Å². The molecule has 0 spiro atoms. The first-order chi connectivity index (χ1) is 10.1. The topological polar surface area (TPSA) is 57.6 Å². The van der Waals surface area contributed by atoms with E-state index in [2.05, 4.69) is 0 Å². The van der Waals surface area contributed by atoms with E-state index in [1.54, 1.807) is 24.3 Å². The molecule has 106 valence electrons. The van der Waals surface area contributed by atoms with Crippen LogP contribution < -0.4 is 4.90 Å². The molecule has 0 atom stereocenters. The standard InChI is InChI=1S/C17H15NO3/c1-2-11-6-7-15-14(9-11)16(20)17(21)18(15)10-12-4-3-5-13(19)8-12/h3-9,19H,2,10H2,1H3. The maximum atomic E-state index is 12.2. The summed E-state index contributed by atoms with van der Waals surface area (Å²) in [5.74, 6) is -0.825. The zero-order valence-electron chi connectivity index (χ0n) is 11.7. The van der Waals surface area contributed by atoms with Gasteiger partial charge in [0.2, 0.25) is 0 Å². The Hall–Kier alpha value is -2.62. The van der Waals surface area contributed by atoms with Crippen LogP contribution in [0.5, 0.6) is 5.75 Å². The van der Waals surface area contributed by atoms with Crippen molar-refractivity contribution < 1.29 is 14.7 Å². The third-order valence-corrected chi connectivity index (χ3v) is 3.70. The van der Waals surface area contributed by atoms with Gasteiger partial charge < -0.3 is 10.0 Å². The van der Waals surface area contributed by atoms with Gasteiger partial charge in [-0.2, -0.15) is 0 Å². The summed E-state index contributed by atoms with van der Waals surface area (Å²) in [7, 11) is 0. The maximum absolute atomic E-state index is 12.2. The fourth-order valence-electron chi connectivity index (χ4n) is 2.56. The van der Waals surface area contributed by atoms with Crippen LogP contribution in [0.4, 0.5) is 5.69 Å². The number of ketones is 1. The summed E-state index contributed by atoms with van der Waals surface area (Å²) in [5, 5.41) is 9.50. The highest BCUT2D eigenvalue weighted by Gasteiger charge is 2.35. The number of amides is 1. The first-order valence-electron chi connectivity index (χ1n) is 6.87. The highest BCUT2D eigenvalue weighted by Crippen LogP contribution is 2.31. The van der Waals surface area contributed by atoms with Crippen LogP contribution >= 0.6 is 0 Å². The Labute approximate surface area is 122 Å². The Balaban J connectivity index is 1.98. The zero-order chi connectivity index (χ0) is 15.0. The average molecular weight is 281 g/mol. The lowest BCUT2D eigenvalue weighted by atomic mass is 10.1. The van der Waals surface area contributed by atoms with Gasteiger partial charge in [-0.15, -0.1) is 0 Å². The molecule has 1 N–H and O–H groups in total. The Morgan fingerprint density at radius 1 is 1.05 bits per heavy atom. The van der Waals surface area contributed by atoms with E-state index < -0.39 is 11.7 Å². The minimum atomic E-state index is -0.512. The van der Waals surface area contributed by atoms with Gasteiger partial charge in [0.05, 0.1) is 17.8 Å². The molecule has 0 aromatic heterocycles.